The van der Waals surface area contributed by atoms with E-state index in [0.717, 1.165) is 25.7 Å². The lowest BCUT2D eigenvalue weighted by atomic mass is 9.89. The maximum absolute atomic E-state index is 12.1. The molecule has 1 atom stereocenters. The Morgan fingerprint density at radius 3 is 1.62 bits per heavy atom. The van der Waals surface area contributed by atoms with E-state index in [1.54, 1.807) is 13.8 Å². The topological polar surface area (TPSA) is 52.6 Å². The summed E-state index contributed by atoms with van der Waals surface area (Å²) >= 11 is 0. The first-order chi connectivity index (χ1) is 14.1. The van der Waals surface area contributed by atoms with E-state index in [1.807, 2.05) is 6.92 Å². The fraction of sp³-hybridized carbons (Fsp3) is 0.840. The van der Waals surface area contributed by atoms with Crippen molar-refractivity contribution in [2.75, 3.05) is 13.2 Å². The Balaban J connectivity index is 3.84. The zero-order valence-corrected chi connectivity index (χ0v) is 19.5. The van der Waals surface area contributed by atoms with Crippen LogP contribution in [0, 0.1) is 11.8 Å². The van der Waals surface area contributed by atoms with Crippen LogP contribution in [0.15, 0.2) is 12.2 Å². The fourth-order valence-corrected chi connectivity index (χ4v) is 3.55. The minimum Gasteiger partial charge on any atom is -0.465 e. The molecule has 0 radical (unpaired) electrons. The third-order valence-corrected chi connectivity index (χ3v) is 5.32. The molecule has 0 aliphatic carbocycles. The molecule has 0 bridgehead atoms. The molecule has 0 aromatic rings. The van der Waals surface area contributed by atoms with E-state index >= 15 is 0 Å². The third-order valence-electron chi connectivity index (χ3n) is 5.32. The van der Waals surface area contributed by atoms with Crippen LogP contribution in [0.5, 0.6) is 0 Å². The van der Waals surface area contributed by atoms with Gasteiger partial charge in [-0.2, -0.15) is 0 Å². The highest BCUT2D eigenvalue weighted by atomic mass is 16.6. The lowest BCUT2D eigenvalue weighted by Crippen LogP contribution is -2.33. The molecule has 1 unspecified atom stereocenters. The Labute approximate surface area is 179 Å². The Morgan fingerprint density at radius 2 is 1.14 bits per heavy atom. The van der Waals surface area contributed by atoms with E-state index < -0.39 is 17.9 Å². The average Bonchev–Trinajstić information content (AvgIpc) is 2.69. The first-order valence-electron chi connectivity index (χ1n) is 12.1. The summed E-state index contributed by atoms with van der Waals surface area (Å²) in [5.41, 5.74) is 0. The largest absolute Gasteiger partial charge is 0.465 e. The van der Waals surface area contributed by atoms with Gasteiger partial charge in [0.2, 0.25) is 0 Å². The van der Waals surface area contributed by atoms with E-state index in [9.17, 15) is 9.59 Å². The normalized spacial score (nSPS) is 12.4. The van der Waals surface area contributed by atoms with Gasteiger partial charge in [-0.1, -0.05) is 77.4 Å². The Hall–Kier alpha value is -1.32. The van der Waals surface area contributed by atoms with E-state index in [2.05, 4.69) is 19.1 Å². The van der Waals surface area contributed by atoms with E-state index in [0.29, 0.717) is 0 Å². The maximum Gasteiger partial charge on any atom is 0.320 e. The average molecular weight is 411 g/mol. The monoisotopic (exact) mass is 410 g/mol. The van der Waals surface area contributed by atoms with Crippen molar-refractivity contribution < 1.29 is 19.1 Å². The number of ether oxygens (including phenoxy) is 2. The minimum absolute atomic E-state index is 0.0506. The Bertz CT molecular complexity index is 413. The summed E-state index contributed by atoms with van der Waals surface area (Å²) in [6, 6.07) is 0. The van der Waals surface area contributed by atoms with Crippen LogP contribution in [0.3, 0.4) is 0 Å². The number of hydrogen-bond donors (Lipinski definition) is 0. The van der Waals surface area contributed by atoms with Crippen molar-refractivity contribution in [3.63, 3.8) is 0 Å². The predicted octanol–water partition coefficient (Wildman–Crippen LogP) is 7.01. The molecule has 29 heavy (non-hydrogen) atoms. The van der Waals surface area contributed by atoms with Gasteiger partial charge in [0.25, 0.3) is 0 Å². The number of carbonyl (C=O) groups excluding carboxylic acids is 2. The van der Waals surface area contributed by atoms with Crippen molar-refractivity contribution in [2.45, 2.75) is 111 Å². The van der Waals surface area contributed by atoms with Crippen molar-refractivity contribution >= 4 is 11.9 Å². The second kappa shape index (κ2) is 20.0. The number of carbonyl (C=O) groups is 2. The number of allylic oxidation sites excluding steroid dienone is 2. The number of esters is 2. The zero-order chi connectivity index (χ0) is 21.7. The molecule has 4 nitrogen and oxygen atoms in total. The molecule has 0 aliphatic rings. The zero-order valence-electron chi connectivity index (χ0n) is 19.5. The Morgan fingerprint density at radius 1 is 0.690 bits per heavy atom. The van der Waals surface area contributed by atoms with Crippen LogP contribution in [-0.4, -0.2) is 25.2 Å². The van der Waals surface area contributed by atoms with Gasteiger partial charge in [-0.25, -0.2) is 0 Å². The molecule has 0 spiro atoms. The van der Waals surface area contributed by atoms with Crippen LogP contribution in [0.25, 0.3) is 0 Å². The summed E-state index contributed by atoms with van der Waals surface area (Å²) in [6.45, 7) is 8.29. The predicted molar refractivity (Wildman–Crippen MR) is 121 cm³/mol. The summed E-state index contributed by atoms with van der Waals surface area (Å²) in [7, 11) is 0. The van der Waals surface area contributed by atoms with Gasteiger partial charge in [-0.15, -0.1) is 0 Å². The summed E-state index contributed by atoms with van der Waals surface area (Å²) in [6.07, 6.45) is 20.6. The van der Waals surface area contributed by atoms with Gasteiger partial charge >= 0.3 is 11.9 Å². The summed E-state index contributed by atoms with van der Waals surface area (Å²) in [5, 5.41) is 0. The maximum atomic E-state index is 12.1. The van der Waals surface area contributed by atoms with Gasteiger partial charge in [0.15, 0.2) is 5.92 Å². The molecule has 0 N–H and O–H groups in total. The second-order valence-electron chi connectivity index (χ2n) is 7.98. The SMILES string of the molecule is CCCCCCCCC=CCCCCCCC(C)C(C(=O)OCC)C(=O)OCC. The van der Waals surface area contributed by atoms with Crippen LogP contribution >= 0.6 is 0 Å². The number of unbranched alkanes of at least 4 members (excludes halogenated alkanes) is 10. The van der Waals surface area contributed by atoms with Gasteiger partial charge in [0.05, 0.1) is 13.2 Å². The molecular weight excluding hydrogens is 364 g/mol. The van der Waals surface area contributed by atoms with Crippen molar-refractivity contribution in [2.24, 2.45) is 11.8 Å². The molecule has 170 valence electrons. The first-order valence-corrected chi connectivity index (χ1v) is 12.1. The lowest BCUT2D eigenvalue weighted by Gasteiger charge is -2.20. The van der Waals surface area contributed by atoms with Gasteiger partial charge in [0, 0.05) is 0 Å². The quantitative estimate of drug-likeness (QED) is 0.0994. The van der Waals surface area contributed by atoms with Crippen LogP contribution in [0.1, 0.15) is 111 Å². The van der Waals surface area contributed by atoms with Crippen LogP contribution < -0.4 is 0 Å². The molecule has 0 aromatic heterocycles. The first kappa shape index (κ1) is 27.7. The van der Waals surface area contributed by atoms with Crippen molar-refractivity contribution in [3.8, 4) is 0 Å². The van der Waals surface area contributed by atoms with Crippen LogP contribution in [0.2, 0.25) is 0 Å². The number of hydrogen-bond acceptors (Lipinski definition) is 4. The van der Waals surface area contributed by atoms with Gasteiger partial charge < -0.3 is 9.47 Å². The highest BCUT2D eigenvalue weighted by Crippen LogP contribution is 2.22. The van der Waals surface area contributed by atoms with Gasteiger partial charge in [0.1, 0.15) is 0 Å². The minimum atomic E-state index is -0.792. The Kier molecular flexibility index (Phi) is 19.1. The molecule has 0 saturated carbocycles. The standard InChI is InChI=1S/C25H46O4/c1-5-8-9-10-11-12-13-14-15-16-17-18-19-20-21-22(4)23(24(26)28-6-2)25(27)29-7-3/h14-15,22-23H,5-13,16-21H2,1-4H3. The lowest BCUT2D eigenvalue weighted by molar-refractivity contribution is -0.164. The van der Waals surface area contributed by atoms with Crippen LogP contribution in [-0.2, 0) is 19.1 Å². The highest BCUT2D eigenvalue weighted by molar-refractivity contribution is 5.95. The second-order valence-corrected chi connectivity index (χ2v) is 7.98. The molecule has 0 aliphatic heterocycles. The van der Waals surface area contributed by atoms with Crippen LogP contribution in [0.4, 0.5) is 0 Å². The fourth-order valence-electron chi connectivity index (χ4n) is 3.55. The van der Waals surface area contributed by atoms with E-state index in [-0.39, 0.29) is 19.1 Å². The summed E-state index contributed by atoms with van der Waals surface area (Å²) < 4.78 is 10.1. The van der Waals surface area contributed by atoms with E-state index in [1.165, 1.54) is 57.8 Å². The van der Waals surface area contributed by atoms with E-state index in [4.69, 9.17) is 9.47 Å². The summed E-state index contributed by atoms with van der Waals surface area (Å²) in [5.74, 6) is -1.74. The number of rotatable bonds is 19. The van der Waals surface area contributed by atoms with Crippen molar-refractivity contribution in [1.82, 2.24) is 0 Å². The smallest absolute Gasteiger partial charge is 0.320 e. The van der Waals surface area contributed by atoms with Gasteiger partial charge in [-0.3, -0.25) is 9.59 Å². The molecule has 4 heteroatoms. The molecule has 0 amide bonds. The molecule has 0 aromatic carbocycles. The van der Waals surface area contributed by atoms with Gasteiger partial charge in [-0.05, 0) is 51.9 Å². The molecular formula is C25H46O4. The molecule has 0 heterocycles. The highest BCUT2D eigenvalue weighted by Gasteiger charge is 2.34. The van der Waals surface area contributed by atoms with Crippen molar-refractivity contribution in [3.05, 3.63) is 12.2 Å². The molecule has 0 fully saturated rings. The molecule has 0 saturated heterocycles. The van der Waals surface area contributed by atoms with Crippen molar-refractivity contribution in [1.29, 1.82) is 0 Å². The summed E-state index contributed by atoms with van der Waals surface area (Å²) in [4.78, 5) is 24.2. The third kappa shape index (κ3) is 15.2. The molecule has 0 rings (SSSR count).